The molecule has 1 amide bonds. The standard InChI is InChI=1S/C11H10BrNO/c12-7-11(14)13-6-5-9-3-1-2-4-10(9)8-13/h1-6H,7-8H2. The zero-order valence-electron chi connectivity index (χ0n) is 7.61. The van der Waals surface area contributed by atoms with Gasteiger partial charge in [0.05, 0.1) is 11.9 Å². The van der Waals surface area contributed by atoms with Crippen LogP contribution in [0.3, 0.4) is 0 Å². The Morgan fingerprint density at radius 3 is 3.00 bits per heavy atom. The van der Waals surface area contributed by atoms with E-state index >= 15 is 0 Å². The van der Waals surface area contributed by atoms with Gasteiger partial charge in [0, 0.05) is 6.20 Å². The Labute approximate surface area is 91.3 Å². The predicted octanol–water partition coefficient (Wildman–Crippen LogP) is 2.39. The molecule has 0 spiro atoms. The van der Waals surface area contributed by atoms with Crippen molar-refractivity contribution in [2.24, 2.45) is 0 Å². The van der Waals surface area contributed by atoms with Crippen molar-refractivity contribution in [3.05, 3.63) is 41.6 Å². The van der Waals surface area contributed by atoms with Crippen molar-refractivity contribution in [2.45, 2.75) is 6.54 Å². The van der Waals surface area contributed by atoms with Crippen LogP contribution < -0.4 is 0 Å². The molecular formula is C11H10BrNO. The van der Waals surface area contributed by atoms with Crippen molar-refractivity contribution in [1.29, 1.82) is 0 Å². The average molecular weight is 252 g/mol. The molecule has 0 aliphatic carbocycles. The van der Waals surface area contributed by atoms with Crippen LogP contribution in [0, 0.1) is 0 Å². The van der Waals surface area contributed by atoms with Crippen molar-refractivity contribution in [1.82, 2.24) is 4.90 Å². The van der Waals surface area contributed by atoms with E-state index in [-0.39, 0.29) is 5.91 Å². The Kier molecular flexibility index (Phi) is 2.68. The maximum absolute atomic E-state index is 11.4. The van der Waals surface area contributed by atoms with Crippen LogP contribution in [0.4, 0.5) is 0 Å². The molecule has 0 N–H and O–H groups in total. The Morgan fingerprint density at radius 2 is 2.21 bits per heavy atom. The zero-order valence-corrected chi connectivity index (χ0v) is 9.20. The number of halogens is 1. The lowest BCUT2D eigenvalue weighted by Crippen LogP contribution is -2.27. The van der Waals surface area contributed by atoms with Crippen LogP contribution in [0.2, 0.25) is 0 Å². The van der Waals surface area contributed by atoms with Crippen molar-refractivity contribution in [3.63, 3.8) is 0 Å². The molecule has 0 radical (unpaired) electrons. The van der Waals surface area contributed by atoms with Crippen molar-refractivity contribution >= 4 is 27.9 Å². The summed E-state index contributed by atoms with van der Waals surface area (Å²) in [7, 11) is 0. The Hall–Kier alpha value is -1.09. The van der Waals surface area contributed by atoms with Gasteiger partial charge in [0.1, 0.15) is 0 Å². The highest BCUT2D eigenvalue weighted by molar-refractivity contribution is 9.09. The van der Waals surface area contributed by atoms with Gasteiger partial charge in [-0.1, -0.05) is 40.2 Å². The summed E-state index contributed by atoms with van der Waals surface area (Å²) in [6.07, 6.45) is 3.81. The van der Waals surface area contributed by atoms with Crippen LogP contribution in [-0.4, -0.2) is 16.1 Å². The first kappa shape index (κ1) is 9.46. The van der Waals surface area contributed by atoms with Gasteiger partial charge in [-0.3, -0.25) is 4.79 Å². The van der Waals surface area contributed by atoms with E-state index in [0.29, 0.717) is 11.9 Å². The van der Waals surface area contributed by atoms with Gasteiger partial charge in [0.25, 0.3) is 0 Å². The molecular weight excluding hydrogens is 242 g/mol. The van der Waals surface area contributed by atoms with Crippen LogP contribution in [0.25, 0.3) is 6.08 Å². The van der Waals surface area contributed by atoms with Gasteiger partial charge >= 0.3 is 0 Å². The molecule has 2 nitrogen and oxygen atoms in total. The number of benzene rings is 1. The fourth-order valence-corrected chi connectivity index (χ4v) is 1.82. The highest BCUT2D eigenvalue weighted by atomic mass is 79.9. The number of hydrogen-bond donors (Lipinski definition) is 0. The number of amides is 1. The number of carbonyl (C=O) groups is 1. The zero-order chi connectivity index (χ0) is 9.97. The van der Waals surface area contributed by atoms with E-state index in [0.717, 1.165) is 0 Å². The summed E-state index contributed by atoms with van der Waals surface area (Å²) < 4.78 is 0. The fourth-order valence-electron chi connectivity index (χ4n) is 1.50. The third-order valence-electron chi connectivity index (χ3n) is 2.26. The number of alkyl halides is 1. The summed E-state index contributed by atoms with van der Waals surface area (Å²) in [6.45, 7) is 0.678. The topological polar surface area (TPSA) is 20.3 Å². The summed E-state index contributed by atoms with van der Waals surface area (Å²) in [6, 6.07) is 8.11. The van der Waals surface area contributed by atoms with E-state index in [2.05, 4.69) is 22.0 Å². The molecule has 0 fully saturated rings. The Bertz CT molecular complexity index is 387. The van der Waals surface area contributed by atoms with Crippen molar-refractivity contribution in [2.75, 3.05) is 5.33 Å². The lowest BCUT2D eigenvalue weighted by molar-refractivity contribution is -0.126. The molecule has 1 aromatic carbocycles. The van der Waals surface area contributed by atoms with Crippen molar-refractivity contribution < 1.29 is 4.79 Å². The van der Waals surface area contributed by atoms with Gasteiger partial charge in [0.2, 0.25) is 5.91 Å². The second kappa shape index (κ2) is 3.96. The molecule has 0 aromatic heterocycles. The molecule has 1 aliphatic rings. The number of hydrogen-bond acceptors (Lipinski definition) is 1. The summed E-state index contributed by atoms with van der Waals surface area (Å²) >= 11 is 3.17. The molecule has 0 unspecified atom stereocenters. The molecule has 0 saturated heterocycles. The lowest BCUT2D eigenvalue weighted by atomic mass is 10.0. The van der Waals surface area contributed by atoms with Gasteiger partial charge in [0.15, 0.2) is 0 Å². The molecule has 1 heterocycles. The SMILES string of the molecule is O=C(CBr)N1C=Cc2ccccc2C1. The smallest absolute Gasteiger partial charge is 0.237 e. The quantitative estimate of drug-likeness (QED) is 0.703. The van der Waals surface area contributed by atoms with E-state index < -0.39 is 0 Å². The van der Waals surface area contributed by atoms with Gasteiger partial charge < -0.3 is 4.90 Å². The summed E-state index contributed by atoms with van der Waals surface area (Å²) in [5, 5.41) is 0.375. The van der Waals surface area contributed by atoms with Crippen LogP contribution in [-0.2, 0) is 11.3 Å². The number of rotatable bonds is 1. The highest BCUT2D eigenvalue weighted by Gasteiger charge is 2.14. The van der Waals surface area contributed by atoms with E-state index in [1.807, 2.05) is 30.5 Å². The first-order valence-corrected chi connectivity index (χ1v) is 5.55. The second-order valence-electron chi connectivity index (χ2n) is 3.17. The first-order chi connectivity index (χ1) is 6.81. The molecule has 0 bridgehead atoms. The Balaban J connectivity index is 2.25. The summed E-state index contributed by atoms with van der Waals surface area (Å²) in [4.78, 5) is 13.1. The maximum Gasteiger partial charge on any atom is 0.237 e. The van der Waals surface area contributed by atoms with Crippen LogP contribution in [0.5, 0.6) is 0 Å². The van der Waals surface area contributed by atoms with Gasteiger partial charge in [-0.15, -0.1) is 0 Å². The lowest BCUT2D eigenvalue weighted by Gasteiger charge is -2.22. The largest absolute Gasteiger partial charge is 0.314 e. The third kappa shape index (κ3) is 1.73. The minimum Gasteiger partial charge on any atom is -0.314 e. The molecule has 1 aromatic rings. The van der Waals surface area contributed by atoms with Crippen LogP contribution >= 0.6 is 15.9 Å². The first-order valence-electron chi connectivity index (χ1n) is 4.43. The monoisotopic (exact) mass is 251 g/mol. The maximum atomic E-state index is 11.4. The van der Waals surface area contributed by atoms with Crippen LogP contribution in [0.15, 0.2) is 30.5 Å². The summed E-state index contributed by atoms with van der Waals surface area (Å²) in [5.74, 6) is 0.0933. The van der Waals surface area contributed by atoms with E-state index in [1.54, 1.807) is 4.90 Å². The number of nitrogens with zero attached hydrogens (tertiary/aromatic N) is 1. The average Bonchev–Trinajstić information content (AvgIpc) is 2.27. The minimum atomic E-state index is 0.0933. The van der Waals surface area contributed by atoms with E-state index in [4.69, 9.17) is 0 Å². The molecule has 0 saturated carbocycles. The molecule has 3 heteroatoms. The number of fused-ring (bicyclic) bond motifs is 1. The minimum absolute atomic E-state index is 0.0933. The van der Waals surface area contributed by atoms with Crippen LogP contribution in [0.1, 0.15) is 11.1 Å². The molecule has 72 valence electrons. The normalized spacial score (nSPS) is 13.9. The Morgan fingerprint density at radius 1 is 1.43 bits per heavy atom. The van der Waals surface area contributed by atoms with Crippen molar-refractivity contribution in [3.8, 4) is 0 Å². The summed E-state index contributed by atoms with van der Waals surface area (Å²) in [5.41, 5.74) is 2.40. The van der Waals surface area contributed by atoms with E-state index in [9.17, 15) is 4.79 Å². The van der Waals surface area contributed by atoms with Gasteiger partial charge in [-0.2, -0.15) is 0 Å². The molecule has 2 rings (SSSR count). The number of carbonyl (C=O) groups excluding carboxylic acids is 1. The fraction of sp³-hybridized carbons (Fsp3) is 0.182. The van der Waals surface area contributed by atoms with Gasteiger partial charge in [-0.25, -0.2) is 0 Å². The third-order valence-corrected chi connectivity index (χ3v) is 2.74. The van der Waals surface area contributed by atoms with E-state index in [1.165, 1.54) is 11.1 Å². The molecule has 14 heavy (non-hydrogen) atoms. The van der Waals surface area contributed by atoms with Gasteiger partial charge in [-0.05, 0) is 17.2 Å². The highest BCUT2D eigenvalue weighted by Crippen LogP contribution is 2.19. The predicted molar refractivity (Wildman–Crippen MR) is 59.8 cm³/mol. The second-order valence-corrected chi connectivity index (χ2v) is 3.73. The molecule has 0 atom stereocenters. The molecule has 1 aliphatic heterocycles.